The van der Waals surface area contributed by atoms with Crippen molar-refractivity contribution in [1.29, 1.82) is 0 Å². The van der Waals surface area contributed by atoms with Crippen LogP contribution in [0.4, 0.5) is 0 Å². The van der Waals surface area contributed by atoms with E-state index in [4.69, 9.17) is 16.3 Å². The fourth-order valence-corrected chi connectivity index (χ4v) is 0.829. The molecule has 0 spiro atoms. The second-order valence-corrected chi connectivity index (χ2v) is 2.36. The maximum atomic E-state index is 5.35. The van der Waals surface area contributed by atoms with Crippen molar-refractivity contribution in [3.05, 3.63) is 30.3 Å². The molecule has 0 fully saturated rings. The van der Waals surface area contributed by atoms with Crippen LogP contribution in [0, 0.1) is 11.8 Å². The smallest absolute Gasteiger partial charge is 0.149 e. The zero-order chi connectivity index (χ0) is 8.65. The van der Waals surface area contributed by atoms with Gasteiger partial charge in [-0.15, -0.1) is 11.6 Å². The van der Waals surface area contributed by atoms with Crippen molar-refractivity contribution in [3.8, 4) is 17.6 Å². The summed E-state index contributed by atoms with van der Waals surface area (Å²) in [7, 11) is 0. The van der Waals surface area contributed by atoms with Gasteiger partial charge in [-0.2, -0.15) is 0 Å². The van der Waals surface area contributed by atoms with Crippen LogP contribution in [-0.4, -0.2) is 12.5 Å². The summed E-state index contributed by atoms with van der Waals surface area (Å²) >= 11 is 5.35. The molecular formula is C10H9ClO. The fraction of sp³-hybridized carbons (Fsp3) is 0.200. The van der Waals surface area contributed by atoms with E-state index in [2.05, 4.69) is 11.8 Å². The predicted octanol–water partition coefficient (Wildman–Crippen LogP) is 2.31. The lowest BCUT2D eigenvalue weighted by molar-refractivity contribution is 0.370. The molecule has 0 aromatic heterocycles. The summed E-state index contributed by atoms with van der Waals surface area (Å²) in [6.07, 6.45) is 0. The molecule has 1 aromatic rings. The number of hydrogen-bond donors (Lipinski definition) is 0. The van der Waals surface area contributed by atoms with Gasteiger partial charge in [-0.05, 0) is 12.1 Å². The Morgan fingerprint density at radius 1 is 1.17 bits per heavy atom. The lowest BCUT2D eigenvalue weighted by Crippen LogP contribution is -1.92. The van der Waals surface area contributed by atoms with Gasteiger partial charge in [0.2, 0.25) is 0 Å². The van der Waals surface area contributed by atoms with Crippen LogP contribution in [0.2, 0.25) is 0 Å². The molecule has 62 valence electrons. The van der Waals surface area contributed by atoms with Gasteiger partial charge < -0.3 is 4.74 Å². The van der Waals surface area contributed by atoms with Gasteiger partial charge in [-0.3, -0.25) is 0 Å². The van der Waals surface area contributed by atoms with E-state index >= 15 is 0 Å². The van der Waals surface area contributed by atoms with E-state index in [0.29, 0.717) is 12.5 Å². The molecule has 2 heteroatoms. The Hall–Kier alpha value is -1.13. The SMILES string of the molecule is ClCC#CCOc1ccccc1. The molecule has 0 saturated heterocycles. The average molecular weight is 181 g/mol. The van der Waals surface area contributed by atoms with Crippen LogP contribution in [-0.2, 0) is 0 Å². The number of para-hydroxylation sites is 1. The summed E-state index contributed by atoms with van der Waals surface area (Å²) in [5.41, 5.74) is 0. The molecule has 0 amide bonds. The second kappa shape index (κ2) is 5.51. The lowest BCUT2D eigenvalue weighted by Gasteiger charge is -1.99. The van der Waals surface area contributed by atoms with Crippen LogP contribution < -0.4 is 4.74 Å². The third-order valence-electron chi connectivity index (χ3n) is 1.25. The maximum Gasteiger partial charge on any atom is 0.149 e. The zero-order valence-corrected chi connectivity index (χ0v) is 7.34. The van der Waals surface area contributed by atoms with Gasteiger partial charge in [-0.1, -0.05) is 30.0 Å². The Balaban J connectivity index is 2.34. The molecule has 0 aliphatic heterocycles. The number of halogens is 1. The molecule has 0 radical (unpaired) electrons. The molecule has 0 aliphatic carbocycles. The maximum absolute atomic E-state index is 5.35. The van der Waals surface area contributed by atoms with Crippen LogP contribution >= 0.6 is 11.6 Å². The standard InChI is InChI=1S/C10H9ClO/c11-8-4-5-9-12-10-6-2-1-3-7-10/h1-3,6-7H,8-9H2. The molecule has 0 heterocycles. The van der Waals surface area contributed by atoms with Gasteiger partial charge >= 0.3 is 0 Å². The van der Waals surface area contributed by atoms with Gasteiger partial charge in [0, 0.05) is 0 Å². The molecular weight excluding hydrogens is 172 g/mol. The third-order valence-corrected chi connectivity index (χ3v) is 1.38. The van der Waals surface area contributed by atoms with Crippen molar-refractivity contribution in [3.63, 3.8) is 0 Å². The van der Waals surface area contributed by atoms with E-state index in [9.17, 15) is 0 Å². The number of benzene rings is 1. The van der Waals surface area contributed by atoms with Crippen molar-refractivity contribution in [2.24, 2.45) is 0 Å². The van der Waals surface area contributed by atoms with Crippen molar-refractivity contribution >= 4 is 11.6 Å². The van der Waals surface area contributed by atoms with E-state index < -0.39 is 0 Å². The highest BCUT2D eigenvalue weighted by Gasteiger charge is 1.85. The van der Waals surface area contributed by atoms with E-state index in [1.165, 1.54) is 0 Å². The fourth-order valence-electron chi connectivity index (χ4n) is 0.734. The quantitative estimate of drug-likeness (QED) is 0.501. The molecule has 0 saturated carbocycles. The van der Waals surface area contributed by atoms with Crippen LogP contribution in [0.1, 0.15) is 0 Å². The van der Waals surface area contributed by atoms with Crippen LogP contribution in [0.25, 0.3) is 0 Å². The Morgan fingerprint density at radius 3 is 2.58 bits per heavy atom. The Labute approximate surface area is 77.3 Å². The first-order chi connectivity index (χ1) is 5.93. The van der Waals surface area contributed by atoms with Crippen LogP contribution in [0.3, 0.4) is 0 Å². The molecule has 12 heavy (non-hydrogen) atoms. The minimum absolute atomic E-state index is 0.359. The Kier molecular flexibility index (Phi) is 4.12. The van der Waals surface area contributed by atoms with Gasteiger partial charge in [0.1, 0.15) is 12.4 Å². The summed E-state index contributed by atoms with van der Waals surface area (Å²) in [6, 6.07) is 9.57. The lowest BCUT2D eigenvalue weighted by atomic mass is 10.3. The highest BCUT2D eigenvalue weighted by Crippen LogP contribution is 2.07. The van der Waals surface area contributed by atoms with E-state index in [-0.39, 0.29) is 0 Å². The number of hydrogen-bond acceptors (Lipinski definition) is 1. The number of rotatable bonds is 2. The first-order valence-corrected chi connectivity index (χ1v) is 4.16. The largest absolute Gasteiger partial charge is 0.481 e. The van der Waals surface area contributed by atoms with E-state index in [0.717, 1.165) is 5.75 Å². The van der Waals surface area contributed by atoms with Crippen molar-refractivity contribution < 1.29 is 4.74 Å². The first-order valence-electron chi connectivity index (χ1n) is 3.63. The number of ether oxygens (including phenoxy) is 1. The molecule has 0 N–H and O–H groups in total. The molecule has 1 nitrogen and oxygen atoms in total. The minimum Gasteiger partial charge on any atom is -0.481 e. The molecule has 1 aromatic carbocycles. The van der Waals surface area contributed by atoms with Gasteiger partial charge in [0.15, 0.2) is 0 Å². The minimum atomic E-state index is 0.359. The number of alkyl halides is 1. The summed E-state index contributed by atoms with van der Waals surface area (Å²) in [4.78, 5) is 0. The highest BCUT2D eigenvalue weighted by atomic mass is 35.5. The topological polar surface area (TPSA) is 9.23 Å². The van der Waals surface area contributed by atoms with Gasteiger partial charge in [-0.25, -0.2) is 0 Å². The first kappa shape index (κ1) is 8.96. The monoisotopic (exact) mass is 180 g/mol. The second-order valence-electron chi connectivity index (χ2n) is 2.09. The predicted molar refractivity (Wildman–Crippen MR) is 50.4 cm³/mol. The normalized spacial score (nSPS) is 8.42. The summed E-state index contributed by atoms with van der Waals surface area (Å²) in [5, 5.41) is 0. The van der Waals surface area contributed by atoms with Gasteiger partial charge in [0.25, 0.3) is 0 Å². The Bertz CT molecular complexity index is 271. The summed E-state index contributed by atoms with van der Waals surface area (Å²) < 4.78 is 5.28. The van der Waals surface area contributed by atoms with Crippen molar-refractivity contribution in [1.82, 2.24) is 0 Å². The zero-order valence-electron chi connectivity index (χ0n) is 6.59. The Morgan fingerprint density at radius 2 is 1.92 bits per heavy atom. The molecule has 0 atom stereocenters. The summed E-state index contributed by atoms with van der Waals surface area (Å²) in [6.45, 7) is 0.400. The van der Waals surface area contributed by atoms with E-state index in [1.54, 1.807) is 0 Å². The van der Waals surface area contributed by atoms with E-state index in [1.807, 2.05) is 30.3 Å². The third kappa shape index (κ3) is 3.32. The van der Waals surface area contributed by atoms with Crippen LogP contribution in [0.15, 0.2) is 30.3 Å². The summed E-state index contributed by atoms with van der Waals surface area (Å²) in [5.74, 6) is 6.68. The van der Waals surface area contributed by atoms with Crippen molar-refractivity contribution in [2.75, 3.05) is 12.5 Å². The van der Waals surface area contributed by atoms with Gasteiger partial charge in [0.05, 0.1) is 5.88 Å². The molecule has 0 bridgehead atoms. The highest BCUT2D eigenvalue weighted by molar-refractivity contribution is 6.19. The molecule has 0 aliphatic rings. The average Bonchev–Trinajstić information content (AvgIpc) is 2.14. The van der Waals surface area contributed by atoms with Crippen LogP contribution in [0.5, 0.6) is 5.75 Å². The molecule has 0 unspecified atom stereocenters. The van der Waals surface area contributed by atoms with Crippen molar-refractivity contribution in [2.45, 2.75) is 0 Å². The molecule has 1 rings (SSSR count).